The molecule has 0 bridgehead atoms. The number of thiophene rings is 1. The first-order chi connectivity index (χ1) is 9.04. The highest BCUT2D eigenvalue weighted by Crippen LogP contribution is 2.21. The van der Waals surface area contributed by atoms with Crippen molar-refractivity contribution in [3.63, 3.8) is 0 Å². The number of carbonyl (C=O) groups is 1. The van der Waals surface area contributed by atoms with E-state index in [1.807, 2.05) is 30.5 Å². The van der Waals surface area contributed by atoms with Crippen molar-refractivity contribution in [2.75, 3.05) is 5.32 Å². The molecule has 0 spiro atoms. The Morgan fingerprint density at radius 1 is 1.42 bits per heavy atom. The molecule has 2 rings (SSSR count). The molecule has 2 aromatic rings. The van der Waals surface area contributed by atoms with Gasteiger partial charge in [-0.25, -0.2) is 4.79 Å². The van der Waals surface area contributed by atoms with E-state index < -0.39 is 0 Å². The van der Waals surface area contributed by atoms with Gasteiger partial charge in [-0.05, 0) is 46.6 Å². The van der Waals surface area contributed by atoms with Crippen molar-refractivity contribution >= 4 is 50.6 Å². The van der Waals surface area contributed by atoms with Crippen molar-refractivity contribution in [1.29, 1.82) is 0 Å². The molecule has 0 radical (unpaired) electrons. The van der Waals surface area contributed by atoms with Crippen LogP contribution >= 0.6 is 38.9 Å². The smallest absolute Gasteiger partial charge is 0.319 e. The van der Waals surface area contributed by atoms with Crippen LogP contribution in [0.4, 0.5) is 10.5 Å². The molecule has 2 amide bonds. The molecule has 3 nitrogen and oxygen atoms in total. The predicted molar refractivity (Wildman–Crippen MR) is 84.1 cm³/mol. The van der Waals surface area contributed by atoms with Gasteiger partial charge in [0.25, 0.3) is 0 Å². The van der Waals surface area contributed by atoms with Gasteiger partial charge in [0.2, 0.25) is 0 Å². The largest absolute Gasteiger partial charge is 0.333 e. The predicted octanol–water partition coefficient (Wildman–Crippen LogP) is 4.79. The Labute approximate surface area is 129 Å². The number of carbonyl (C=O) groups excluding carboxylic acids is 1. The molecule has 1 heterocycles. The van der Waals surface area contributed by atoms with E-state index in [1.54, 1.807) is 17.4 Å². The minimum absolute atomic E-state index is 0.246. The van der Waals surface area contributed by atoms with Gasteiger partial charge < -0.3 is 10.6 Å². The van der Waals surface area contributed by atoms with Gasteiger partial charge in [-0.1, -0.05) is 17.7 Å². The molecule has 0 unspecified atom stereocenters. The first kappa shape index (κ1) is 14.4. The van der Waals surface area contributed by atoms with Crippen LogP contribution in [0, 0.1) is 6.92 Å². The van der Waals surface area contributed by atoms with Crippen molar-refractivity contribution in [1.82, 2.24) is 5.32 Å². The number of benzene rings is 1. The fourth-order valence-electron chi connectivity index (χ4n) is 1.46. The van der Waals surface area contributed by atoms with Crippen LogP contribution in [0.5, 0.6) is 0 Å². The van der Waals surface area contributed by atoms with Crippen molar-refractivity contribution in [2.45, 2.75) is 13.5 Å². The Hall–Kier alpha value is -1.04. The molecule has 100 valence electrons. The summed E-state index contributed by atoms with van der Waals surface area (Å²) >= 11 is 11.0. The third-order valence-corrected chi connectivity index (χ3v) is 4.58. The first-order valence-corrected chi connectivity index (χ1v) is 7.63. The second kappa shape index (κ2) is 6.41. The average Bonchev–Trinajstić information content (AvgIpc) is 2.77. The lowest BCUT2D eigenvalue weighted by molar-refractivity contribution is 0.252. The van der Waals surface area contributed by atoms with Crippen LogP contribution in [0.1, 0.15) is 10.4 Å². The average molecular weight is 360 g/mol. The van der Waals surface area contributed by atoms with Crippen LogP contribution in [0.2, 0.25) is 5.02 Å². The quantitative estimate of drug-likeness (QED) is 0.812. The van der Waals surface area contributed by atoms with E-state index >= 15 is 0 Å². The highest BCUT2D eigenvalue weighted by atomic mass is 79.9. The van der Waals surface area contributed by atoms with E-state index in [4.69, 9.17) is 11.6 Å². The molecule has 0 fully saturated rings. The van der Waals surface area contributed by atoms with E-state index in [1.165, 1.54) is 0 Å². The number of nitrogens with one attached hydrogen (secondary N) is 2. The monoisotopic (exact) mass is 358 g/mol. The summed E-state index contributed by atoms with van der Waals surface area (Å²) in [5.41, 5.74) is 1.66. The molecule has 0 atom stereocenters. The van der Waals surface area contributed by atoms with E-state index in [0.29, 0.717) is 17.3 Å². The first-order valence-electron chi connectivity index (χ1n) is 5.58. The van der Waals surface area contributed by atoms with E-state index in [9.17, 15) is 4.79 Å². The molecule has 1 aromatic carbocycles. The van der Waals surface area contributed by atoms with Gasteiger partial charge >= 0.3 is 6.03 Å². The number of anilines is 1. The van der Waals surface area contributed by atoms with Gasteiger partial charge in [-0.15, -0.1) is 11.3 Å². The molecule has 19 heavy (non-hydrogen) atoms. The van der Waals surface area contributed by atoms with E-state index in [0.717, 1.165) is 14.9 Å². The van der Waals surface area contributed by atoms with Crippen LogP contribution in [-0.2, 0) is 6.54 Å². The lowest BCUT2D eigenvalue weighted by Crippen LogP contribution is -2.27. The molecule has 0 saturated carbocycles. The van der Waals surface area contributed by atoms with E-state index in [2.05, 4.69) is 26.6 Å². The molecular formula is C13H12BrClN2OS. The highest BCUT2D eigenvalue weighted by molar-refractivity contribution is 9.10. The lowest BCUT2D eigenvalue weighted by atomic mass is 10.2. The summed E-state index contributed by atoms with van der Waals surface area (Å²) in [6, 6.07) is 7.16. The summed E-state index contributed by atoms with van der Waals surface area (Å²) in [4.78, 5) is 12.8. The molecule has 1 aromatic heterocycles. The molecular weight excluding hydrogens is 348 g/mol. The van der Waals surface area contributed by atoms with Crippen molar-refractivity contribution in [3.8, 4) is 0 Å². The van der Waals surface area contributed by atoms with Crippen LogP contribution < -0.4 is 10.6 Å². The summed E-state index contributed by atoms with van der Waals surface area (Å²) in [5, 5.41) is 8.16. The van der Waals surface area contributed by atoms with Crippen LogP contribution in [-0.4, -0.2) is 6.03 Å². The number of hydrogen-bond donors (Lipinski definition) is 2. The van der Waals surface area contributed by atoms with Crippen LogP contribution in [0.25, 0.3) is 0 Å². The number of urea groups is 1. The Morgan fingerprint density at radius 2 is 2.21 bits per heavy atom. The fourth-order valence-corrected chi connectivity index (χ4v) is 3.03. The molecule has 0 saturated heterocycles. The van der Waals surface area contributed by atoms with Crippen molar-refractivity contribution in [2.24, 2.45) is 0 Å². The second-order valence-electron chi connectivity index (χ2n) is 4.00. The van der Waals surface area contributed by atoms with Crippen LogP contribution in [0.3, 0.4) is 0 Å². The zero-order valence-electron chi connectivity index (χ0n) is 10.2. The number of hydrogen-bond acceptors (Lipinski definition) is 2. The van der Waals surface area contributed by atoms with E-state index in [-0.39, 0.29) is 6.03 Å². The molecule has 0 aliphatic carbocycles. The third kappa shape index (κ3) is 4.23. The molecule has 0 aliphatic rings. The second-order valence-corrected chi connectivity index (χ2v) is 6.32. The minimum atomic E-state index is -0.246. The van der Waals surface area contributed by atoms with Crippen molar-refractivity contribution in [3.05, 3.63) is 49.6 Å². The number of rotatable bonds is 3. The maximum absolute atomic E-state index is 11.7. The van der Waals surface area contributed by atoms with Crippen molar-refractivity contribution < 1.29 is 4.79 Å². The van der Waals surface area contributed by atoms with Gasteiger partial charge in [0.15, 0.2) is 0 Å². The summed E-state index contributed by atoms with van der Waals surface area (Å²) < 4.78 is 1.03. The zero-order valence-corrected chi connectivity index (χ0v) is 13.3. The third-order valence-electron chi connectivity index (χ3n) is 2.47. The molecule has 6 heteroatoms. The normalized spacial score (nSPS) is 10.3. The number of aryl methyl sites for hydroxylation is 1. The molecule has 2 N–H and O–H groups in total. The Morgan fingerprint density at radius 3 is 2.84 bits per heavy atom. The highest BCUT2D eigenvalue weighted by Gasteiger charge is 2.04. The van der Waals surface area contributed by atoms with Gasteiger partial charge in [0.1, 0.15) is 0 Å². The Kier molecular flexibility index (Phi) is 4.85. The lowest BCUT2D eigenvalue weighted by Gasteiger charge is -2.08. The standard InChI is InChI=1S/C13H12BrClN2OS/c1-8-2-3-10(5-12(8)15)17-13(18)16-6-11-4-9(14)7-19-11/h2-5,7H,6H2,1H3,(H2,16,17,18). The van der Waals surface area contributed by atoms with Gasteiger partial charge in [-0.2, -0.15) is 0 Å². The summed E-state index contributed by atoms with van der Waals surface area (Å²) in [7, 11) is 0. The van der Waals surface area contributed by atoms with Crippen LogP contribution in [0.15, 0.2) is 34.1 Å². The SMILES string of the molecule is Cc1ccc(NC(=O)NCc2cc(Br)cs2)cc1Cl. The van der Waals surface area contributed by atoms with Gasteiger partial charge in [0, 0.05) is 25.4 Å². The summed E-state index contributed by atoms with van der Waals surface area (Å²) in [6.07, 6.45) is 0. The topological polar surface area (TPSA) is 41.1 Å². The van der Waals surface area contributed by atoms with Gasteiger partial charge in [-0.3, -0.25) is 0 Å². The van der Waals surface area contributed by atoms with Gasteiger partial charge in [0.05, 0.1) is 6.54 Å². The Balaban J connectivity index is 1.88. The Bertz CT molecular complexity index is 600. The maximum atomic E-state index is 11.7. The summed E-state index contributed by atoms with van der Waals surface area (Å²) in [5.74, 6) is 0. The molecule has 0 aliphatic heterocycles. The maximum Gasteiger partial charge on any atom is 0.319 e. The summed E-state index contributed by atoms with van der Waals surface area (Å²) in [6.45, 7) is 2.42. The number of halogens is 2. The zero-order chi connectivity index (χ0) is 13.8. The minimum Gasteiger partial charge on any atom is -0.333 e. The fraction of sp³-hybridized carbons (Fsp3) is 0.154. The number of amides is 2.